The van der Waals surface area contributed by atoms with Gasteiger partial charge in [-0.1, -0.05) is 11.6 Å². The van der Waals surface area contributed by atoms with Crippen LogP contribution in [0.3, 0.4) is 0 Å². The SMILES string of the molecule is CNC(C)CNC(=O)C(C)c1ccc(Cl)s1.Cl. The van der Waals surface area contributed by atoms with Crippen LogP contribution in [0.15, 0.2) is 12.1 Å². The summed E-state index contributed by atoms with van der Waals surface area (Å²) in [5, 5.41) is 5.97. The fraction of sp³-hybridized carbons (Fsp3) is 0.545. The van der Waals surface area contributed by atoms with Crippen LogP contribution < -0.4 is 10.6 Å². The first kappa shape index (κ1) is 16.7. The fourth-order valence-corrected chi connectivity index (χ4v) is 2.31. The summed E-state index contributed by atoms with van der Waals surface area (Å²) in [7, 11) is 1.87. The van der Waals surface area contributed by atoms with Crippen molar-refractivity contribution in [3.8, 4) is 0 Å². The van der Waals surface area contributed by atoms with Crippen LogP contribution in [0.25, 0.3) is 0 Å². The monoisotopic (exact) mass is 296 g/mol. The van der Waals surface area contributed by atoms with E-state index in [4.69, 9.17) is 11.6 Å². The minimum absolute atomic E-state index is 0. The summed E-state index contributed by atoms with van der Waals surface area (Å²) >= 11 is 7.29. The third-order valence-corrected chi connectivity index (χ3v) is 3.90. The summed E-state index contributed by atoms with van der Waals surface area (Å²) in [6, 6.07) is 4.00. The van der Waals surface area contributed by atoms with E-state index in [0.717, 1.165) is 9.21 Å². The minimum Gasteiger partial charge on any atom is -0.354 e. The standard InChI is InChI=1S/C11H17ClN2OS.ClH/c1-7(13-3)6-14-11(15)8(2)9-4-5-10(12)16-9;/h4-5,7-8,13H,6H2,1-3H3,(H,14,15);1H. The van der Waals surface area contributed by atoms with Gasteiger partial charge in [-0.05, 0) is 33.0 Å². The van der Waals surface area contributed by atoms with Crippen molar-refractivity contribution in [1.29, 1.82) is 0 Å². The summed E-state index contributed by atoms with van der Waals surface area (Å²) in [6.07, 6.45) is 0. The molecule has 1 rings (SSSR count). The highest BCUT2D eigenvalue weighted by Gasteiger charge is 2.17. The quantitative estimate of drug-likeness (QED) is 0.877. The number of rotatable bonds is 5. The third-order valence-electron chi connectivity index (χ3n) is 2.49. The van der Waals surface area contributed by atoms with Gasteiger partial charge in [-0.25, -0.2) is 0 Å². The first-order chi connectivity index (χ1) is 7.54. The first-order valence-electron chi connectivity index (χ1n) is 5.24. The van der Waals surface area contributed by atoms with E-state index in [1.165, 1.54) is 11.3 Å². The van der Waals surface area contributed by atoms with Gasteiger partial charge in [0.2, 0.25) is 5.91 Å². The summed E-state index contributed by atoms with van der Waals surface area (Å²) in [6.45, 7) is 4.55. The van der Waals surface area contributed by atoms with Crippen LogP contribution in [0.5, 0.6) is 0 Å². The second-order valence-electron chi connectivity index (χ2n) is 3.80. The normalized spacial score (nSPS) is 13.6. The van der Waals surface area contributed by atoms with E-state index in [0.29, 0.717) is 6.54 Å². The van der Waals surface area contributed by atoms with E-state index >= 15 is 0 Å². The molecule has 3 nitrogen and oxygen atoms in total. The Labute approximate surface area is 117 Å². The Morgan fingerprint density at radius 1 is 1.47 bits per heavy atom. The van der Waals surface area contributed by atoms with Gasteiger partial charge < -0.3 is 10.6 Å². The molecule has 2 unspecified atom stereocenters. The van der Waals surface area contributed by atoms with Gasteiger partial charge in [0.1, 0.15) is 0 Å². The molecule has 1 heterocycles. The van der Waals surface area contributed by atoms with Crippen molar-refractivity contribution in [2.45, 2.75) is 25.8 Å². The van der Waals surface area contributed by atoms with E-state index < -0.39 is 0 Å². The summed E-state index contributed by atoms with van der Waals surface area (Å²) in [5.41, 5.74) is 0. The third kappa shape index (κ3) is 5.25. The van der Waals surface area contributed by atoms with E-state index in [1.54, 1.807) is 0 Å². The van der Waals surface area contributed by atoms with E-state index in [9.17, 15) is 4.79 Å². The van der Waals surface area contributed by atoms with Crippen LogP contribution in [0.2, 0.25) is 4.34 Å². The lowest BCUT2D eigenvalue weighted by Gasteiger charge is -2.14. The largest absolute Gasteiger partial charge is 0.354 e. The van der Waals surface area contributed by atoms with Gasteiger partial charge >= 0.3 is 0 Å². The van der Waals surface area contributed by atoms with Crippen LogP contribution >= 0.6 is 35.3 Å². The number of hydrogen-bond donors (Lipinski definition) is 2. The number of amides is 1. The molecule has 2 N–H and O–H groups in total. The van der Waals surface area contributed by atoms with Crippen molar-refractivity contribution >= 4 is 41.3 Å². The van der Waals surface area contributed by atoms with Gasteiger partial charge in [-0.3, -0.25) is 4.79 Å². The lowest BCUT2D eigenvalue weighted by molar-refractivity contribution is -0.122. The highest BCUT2D eigenvalue weighted by molar-refractivity contribution is 7.16. The molecule has 0 radical (unpaired) electrons. The summed E-state index contributed by atoms with van der Waals surface area (Å²) < 4.78 is 0.721. The Balaban J connectivity index is 0.00000256. The Bertz CT molecular complexity index is 357. The van der Waals surface area contributed by atoms with Crippen molar-refractivity contribution in [3.05, 3.63) is 21.3 Å². The zero-order valence-corrected chi connectivity index (χ0v) is 12.5. The van der Waals surface area contributed by atoms with Crippen molar-refractivity contribution < 1.29 is 4.79 Å². The van der Waals surface area contributed by atoms with Gasteiger partial charge in [0, 0.05) is 17.5 Å². The molecule has 1 amide bonds. The number of carbonyl (C=O) groups is 1. The highest BCUT2D eigenvalue weighted by Crippen LogP contribution is 2.27. The molecule has 0 aliphatic carbocycles. The number of halogens is 2. The highest BCUT2D eigenvalue weighted by atomic mass is 35.5. The summed E-state index contributed by atoms with van der Waals surface area (Å²) in [5.74, 6) is -0.0952. The van der Waals surface area contributed by atoms with E-state index in [1.807, 2.05) is 33.0 Å². The second-order valence-corrected chi connectivity index (χ2v) is 5.55. The molecule has 0 aliphatic rings. The van der Waals surface area contributed by atoms with Gasteiger partial charge in [-0.2, -0.15) is 0 Å². The first-order valence-corrected chi connectivity index (χ1v) is 6.44. The topological polar surface area (TPSA) is 41.1 Å². The maximum Gasteiger partial charge on any atom is 0.228 e. The lowest BCUT2D eigenvalue weighted by atomic mass is 10.1. The second kappa shape index (κ2) is 7.93. The molecule has 6 heteroatoms. The average molecular weight is 297 g/mol. The van der Waals surface area contributed by atoms with Gasteiger partial charge in [0.05, 0.1) is 10.3 Å². The molecule has 2 atom stereocenters. The molecule has 0 saturated heterocycles. The van der Waals surface area contributed by atoms with Crippen LogP contribution in [0.1, 0.15) is 24.6 Å². The van der Waals surface area contributed by atoms with Crippen LogP contribution in [0, 0.1) is 0 Å². The molecule has 0 bridgehead atoms. The molecule has 1 aromatic rings. The molecular weight excluding hydrogens is 279 g/mol. The van der Waals surface area contributed by atoms with Crippen molar-refractivity contribution in [2.24, 2.45) is 0 Å². The Kier molecular flexibility index (Phi) is 7.79. The van der Waals surface area contributed by atoms with E-state index in [2.05, 4.69) is 10.6 Å². The minimum atomic E-state index is -0.137. The molecular formula is C11H18Cl2N2OS. The van der Waals surface area contributed by atoms with Gasteiger partial charge in [-0.15, -0.1) is 23.7 Å². The molecule has 17 heavy (non-hydrogen) atoms. The predicted molar refractivity (Wildman–Crippen MR) is 76.5 cm³/mol. The van der Waals surface area contributed by atoms with Gasteiger partial charge in [0.15, 0.2) is 0 Å². The maximum atomic E-state index is 11.8. The van der Waals surface area contributed by atoms with Crippen LogP contribution in [-0.2, 0) is 4.79 Å². The average Bonchev–Trinajstić information content (AvgIpc) is 2.71. The lowest BCUT2D eigenvalue weighted by Crippen LogP contribution is -2.38. The Hall–Kier alpha value is -0.290. The maximum absolute atomic E-state index is 11.8. The number of nitrogens with one attached hydrogen (secondary N) is 2. The molecule has 0 saturated carbocycles. The molecule has 0 spiro atoms. The zero-order valence-electron chi connectivity index (χ0n) is 10.1. The van der Waals surface area contributed by atoms with Crippen LogP contribution in [-0.4, -0.2) is 25.5 Å². The zero-order chi connectivity index (χ0) is 12.1. The predicted octanol–water partition coefficient (Wildman–Crippen LogP) is 2.65. The molecule has 0 aromatic carbocycles. The van der Waals surface area contributed by atoms with Crippen molar-refractivity contribution in [2.75, 3.05) is 13.6 Å². The molecule has 98 valence electrons. The fourth-order valence-electron chi connectivity index (χ4n) is 1.20. The number of thiophene rings is 1. The number of likely N-dealkylation sites (N-methyl/N-ethyl adjacent to an activating group) is 1. The van der Waals surface area contributed by atoms with Crippen molar-refractivity contribution in [3.63, 3.8) is 0 Å². The molecule has 0 fully saturated rings. The smallest absolute Gasteiger partial charge is 0.228 e. The van der Waals surface area contributed by atoms with Gasteiger partial charge in [0.25, 0.3) is 0 Å². The van der Waals surface area contributed by atoms with Crippen LogP contribution in [0.4, 0.5) is 0 Å². The number of carbonyl (C=O) groups excluding carboxylic acids is 1. The number of hydrogen-bond acceptors (Lipinski definition) is 3. The molecule has 0 aliphatic heterocycles. The Morgan fingerprint density at radius 2 is 2.12 bits per heavy atom. The van der Waals surface area contributed by atoms with E-state index in [-0.39, 0.29) is 30.3 Å². The van der Waals surface area contributed by atoms with Crippen molar-refractivity contribution in [1.82, 2.24) is 10.6 Å². The summed E-state index contributed by atoms with van der Waals surface area (Å²) in [4.78, 5) is 12.8. The molecule has 1 aromatic heterocycles. The Morgan fingerprint density at radius 3 is 2.59 bits per heavy atom.